The van der Waals surface area contributed by atoms with E-state index in [1.165, 1.54) is 0 Å². The van der Waals surface area contributed by atoms with Gasteiger partial charge in [0, 0.05) is 0 Å². The Hall–Kier alpha value is -1.68. The molecule has 76 valence electrons. The second kappa shape index (κ2) is 3.47. The van der Waals surface area contributed by atoms with Gasteiger partial charge in [-0.05, 0) is 23.7 Å². The van der Waals surface area contributed by atoms with E-state index < -0.39 is 17.1 Å². The number of benzene rings is 1. The van der Waals surface area contributed by atoms with Crippen molar-refractivity contribution in [1.82, 2.24) is 4.90 Å². The first kappa shape index (κ1) is 9.86. The van der Waals surface area contributed by atoms with Crippen LogP contribution in [0.5, 0.6) is 0 Å². The Morgan fingerprint density at radius 3 is 2.00 bits per heavy atom. The third-order valence-corrected chi connectivity index (χ3v) is 2.28. The molecule has 1 aliphatic heterocycles. The molecule has 0 N–H and O–H groups in total. The van der Waals surface area contributed by atoms with Crippen LogP contribution in [0.1, 0.15) is 20.7 Å². The third kappa shape index (κ3) is 1.53. The summed E-state index contributed by atoms with van der Waals surface area (Å²) in [5.41, 5.74) is 0.640. The number of rotatable bonds is 2. The maximum atomic E-state index is 11.6. The van der Waals surface area contributed by atoms with Crippen LogP contribution >= 0.6 is 11.6 Å². The third-order valence-electron chi connectivity index (χ3n) is 2.16. The molecular weight excluding hydrogens is 218 g/mol. The van der Waals surface area contributed by atoms with Gasteiger partial charge in [-0.25, -0.2) is 0 Å². The summed E-state index contributed by atoms with van der Waals surface area (Å²) < 4.78 is 0. The average molecular weight is 224 g/mol. The normalized spacial score (nSPS) is 14.3. The summed E-state index contributed by atoms with van der Waals surface area (Å²) in [6.07, 6.45) is 0. The van der Waals surface area contributed by atoms with E-state index >= 15 is 0 Å². The van der Waals surface area contributed by atoms with Crippen molar-refractivity contribution in [2.24, 2.45) is 0 Å². The molecule has 0 bridgehead atoms. The lowest BCUT2D eigenvalue weighted by Gasteiger charge is -2.09. The van der Waals surface area contributed by atoms with Crippen LogP contribution in [-0.2, 0) is 4.79 Å². The van der Waals surface area contributed by atoms with Gasteiger partial charge in [0.2, 0.25) is 5.24 Å². The summed E-state index contributed by atoms with van der Waals surface area (Å²) in [7, 11) is 0. The Labute approximate surface area is 90.4 Å². The molecule has 0 aromatic heterocycles. The molecule has 0 aliphatic carbocycles. The van der Waals surface area contributed by atoms with Gasteiger partial charge in [-0.3, -0.25) is 19.3 Å². The van der Waals surface area contributed by atoms with Crippen LogP contribution in [0.15, 0.2) is 24.3 Å². The van der Waals surface area contributed by atoms with Crippen LogP contribution in [0, 0.1) is 0 Å². The summed E-state index contributed by atoms with van der Waals surface area (Å²) in [6, 6.07) is 6.43. The monoisotopic (exact) mass is 223 g/mol. The summed E-state index contributed by atoms with van der Waals surface area (Å²) in [5, 5.41) is -0.732. The fraction of sp³-hybridized carbons (Fsp3) is 0.100. The highest BCUT2D eigenvalue weighted by Gasteiger charge is 2.35. The van der Waals surface area contributed by atoms with Crippen molar-refractivity contribution in [1.29, 1.82) is 0 Å². The molecule has 0 fully saturated rings. The van der Waals surface area contributed by atoms with Crippen molar-refractivity contribution in [2.75, 3.05) is 6.54 Å². The van der Waals surface area contributed by atoms with Crippen molar-refractivity contribution in [3.8, 4) is 0 Å². The number of carbonyl (C=O) groups excluding carboxylic acids is 3. The van der Waals surface area contributed by atoms with Crippen LogP contribution in [0.2, 0.25) is 0 Å². The molecule has 4 nitrogen and oxygen atoms in total. The highest BCUT2D eigenvalue weighted by molar-refractivity contribution is 6.64. The zero-order valence-electron chi connectivity index (χ0n) is 7.57. The molecule has 1 aromatic rings. The van der Waals surface area contributed by atoms with E-state index in [9.17, 15) is 14.4 Å². The topological polar surface area (TPSA) is 54.5 Å². The molecule has 0 radical (unpaired) electrons. The predicted molar refractivity (Wildman–Crippen MR) is 52.7 cm³/mol. The molecule has 1 aromatic carbocycles. The summed E-state index contributed by atoms with van der Waals surface area (Å²) in [4.78, 5) is 34.8. The quantitative estimate of drug-likeness (QED) is 0.556. The first-order valence-electron chi connectivity index (χ1n) is 4.25. The Balaban J connectivity index is 2.41. The Bertz CT molecular complexity index is 434. The number of nitrogens with zero attached hydrogens (tertiary/aromatic N) is 1. The van der Waals surface area contributed by atoms with E-state index in [-0.39, 0.29) is 6.54 Å². The first-order chi connectivity index (χ1) is 7.11. The first-order valence-corrected chi connectivity index (χ1v) is 4.62. The smallest absolute Gasteiger partial charge is 0.262 e. The fourth-order valence-electron chi connectivity index (χ4n) is 1.51. The van der Waals surface area contributed by atoms with Gasteiger partial charge >= 0.3 is 0 Å². The maximum absolute atomic E-state index is 11.6. The van der Waals surface area contributed by atoms with Gasteiger partial charge in [0.25, 0.3) is 11.8 Å². The molecule has 1 aliphatic rings. The van der Waals surface area contributed by atoms with Gasteiger partial charge in [0.05, 0.1) is 11.1 Å². The van der Waals surface area contributed by atoms with Gasteiger partial charge in [-0.2, -0.15) is 0 Å². The molecule has 2 rings (SSSR count). The van der Waals surface area contributed by atoms with Crippen molar-refractivity contribution in [3.63, 3.8) is 0 Å². The minimum absolute atomic E-state index is 0.320. The minimum Gasteiger partial charge on any atom is -0.279 e. The van der Waals surface area contributed by atoms with Crippen LogP contribution in [0.25, 0.3) is 0 Å². The molecule has 5 heteroatoms. The van der Waals surface area contributed by atoms with Crippen molar-refractivity contribution in [2.45, 2.75) is 0 Å². The van der Waals surface area contributed by atoms with Crippen molar-refractivity contribution < 1.29 is 14.4 Å². The van der Waals surface area contributed by atoms with E-state index in [4.69, 9.17) is 11.6 Å². The molecule has 1 heterocycles. The Morgan fingerprint density at radius 1 is 1.13 bits per heavy atom. The lowest BCUT2D eigenvalue weighted by molar-refractivity contribution is -0.112. The molecule has 0 unspecified atom stereocenters. The molecule has 2 amide bonds. The summed E-state index contributed by atoms with van der Waals surface area (Å²) >= 11 is 5.15. The minimum atomic E-state index is -0.732. The van der Waals surface area contributed by atoms with Crippen molar-refractivity contribution >= 4 is 28.7 Å². The zero-order valence-corrected chi connectivity index (χ0v) is 8.32. The fourth-order valence-corrected chi connectivity index (χ4v) is 1.63. The maximum Gasteiger partial charge on any atom is 0.262 e. The van der Waals surface area contributed by atoms with Gasteiger partial charge in [-0.1, -0.05) is 12.1 Å². The average Bonchev–Trinajstić information content (AvgIpc) is 2.44. The summed E-state index contributed by atoms with van der Waals surface area (Å²) in [5.74, 6) is -0.936. The van der Waals surface area contributed by atoms with Crippen molar-refractivity contribution in [3.05, 3.63) is 35.4 Å². The Morgan fingerprint density at radius 2 is 1.60 bits per heavy atom. The van der Waals surface area contributed by atoms with E-state index in [1.54, 1.807) is 24.3 Å². The number of imide groups is 1. The summed E-state index contributed by atoms with van der Waals surface area (Å²) in [6.45, 7) is -0.381. The molecule has 15 heavy (non-hydrogen) atoms. The molecule has 0 atom stereocenters. The number of carbonyl (C=O) groups is 3. The van der Waals surface area contributed by atoms with Crippen LogP contribution in [0.3, 0.4) is 0 Å². The molecular formula is C10H6ClNO3. The number of halogens is 1. The van der Waals surface area contributed by atoms with Crippen LogP contribution < -0.4 is 0 Å². The SMILES string of the molecule is O=C(Cl)CN1C(=O)c2ccccc2C1=O. The van der Waals surface area contributed by atoms with Crippen LogP contribution in [0.4, 0.5) is 0 Å². The number of amides is 2. The lowest BCUT2D eigenvalue weighted by atomic mass is 10.1. The van der Waals surface area contributed by atoms with E-state index in [1.807, 2.05) is 0 Å². The zero-order chi connectivity index (χ0) is 11.0. The van der Waals surface area contributed by atoms with E-state index in [0.29, 0.717) is 11.1 Å². The number of hydrogen-bond acceptors (Lipinski definition) is 3. The van der Waals surface area contributed by atoms with Gasteiger partial charge in [0.1, 0.15) is 6.54 Å². The van der Waals surface area contributed by atoms with E-state index in [2.05, 4.69) is 0 Å². The number of fused-ring (bicyclic) bond motifs is 1. The van der Waals surface area contributed by atoms with Gasteiger partial charge in [0.15, 0.2) is 0 Å². The standard InChI is InChI=1S/C10H6ClNO3/c11-8(13)5-12-9(14)6-3-1-2-4-7(6)10(12)15/h1-4H,5H2. The molecule has 0 saturated heterocycles. The second-order valence-electron chi connectivity index (χ2n) is 3.10. The highest BCUT2D eigenvalue weighted by atomic mass is 35.5. The largest absolute Gasteiger partial charge is 0.279 e. The Kier molecular flexibility index (Phi) is 2.28. The van der Waals surface area contributed by atoms with E-state index in [0.717, 1.165) is 4.90 Å². The number of hydrogen-bond donors (Lipinski definition) is 0. The van der Waals surface area contributed by atoms with Crippen LogP contribution in [-0.4, -0.2) is 28.5 Å². The highest BCUT2D eigenvalue weighted by Crippen LogP contribution is 2.22. The molecule has 0 spiro atoms. The molecule has 0 saturated carbocycles. The second-order valence-corrected chi connectivity index (χ2v) is 3.52. The van der Waals surface area contributed by atoms with Gasteiger partial charge < -0.3 is 0 Å². The predicted octanol–water partition coefficient (Wildman–Crippen LogP) is 1.05. The van der Waals surface area contributed by atoms with Gasteiger partial charge in [-0.15, -0.1) is 0 Å². The lowest BCUT2D eigenvalue weighted by Crippen LogP contribution is -2.33.